The Hall–Kier alpha value is -1.20. The van der Waals surface area contributed by atoms with Crippen LogP contribution in [0.3, 0.4) is 0 Å². The Bertz CT molecular complexity index is 737. The Kier molecular flexibility index (Phi) is 5.67. The molecule has 5 rings (SSSR count). The lowest BCUT2D eigenvalue weighted by Gasteiger charge is -2.61. The second-order valence-corrected chi connectivity index (χ2v) is 10.7. The molecule has 4 bridgehead atoms. The molecule has 6 heteroatoms. The third-order valence-corrected chi connectivity index (χ3v) is 7.98. The molecule has 4 aliphatic carbocycles. The topological polar surface area (TPSA) is 58.2 Å². The summed E-state index contributed by atoms with van der Waals surface area (Å²) in [4.78, 5) is 24.9. The molecule has 0 spiro atoms. The summed E-state index contributed by atoms with van der Waals surface area (Å²) in [5.74, 6) is 3.23. The van der Waals surface area contributed by atoms with Crippen LogP contribution in [0.1, 0.15) is 51.0 Å². The summed E-state index contributed by atoms with van der Waals surface area (Å²) >= 11 is 7.74. The fourth-order valence-electron chi connectivity index (χ4n) is 6.24. The first-order valence-corrected chi connectivity index (χ1v) is 11.8. The van der Waals surface area contributed by atoms with Crippen molar-refractivity contribution in [2.45, 2.75) is 56.7 Å². The molecule has 0 saturated heterocycles. The molecule has 4 nitrogen and oxygen atoms in total. The Balaban J connectivity index is 1.29. The number of carbonyl (C=O) groups is 2. The molecule has 0 unspecified atom stereocenters. The zero-order chi connectivity index (χ0) is 19.8. The molecular weight excluding hydrogens is 392 g/mol. The molecule has 2 amide bonds. The van der Waals surface area contributed by atoms with E-state index in [9.17, 15) is 9.59 Å². The molecule has 4 fully saturated rings. The Morgan fingerprint density at radius 3 is 2.46 bits per heavy atom. The first-order chi connectivity index (χ1) is 13.4. The number of hydrogen-bond donors (Lipinski definition) is 2. The molecule has 2 atom stereocenters. The van der Waals surface area contributed by atoms with E-state index in [0.717, 1.165) is 48.6 Å². The Labute approximate surface area is 176 Å². The number of thioether (sulfide) groups is 1. The zero-order valence-corrected chi connectivity index (χ0v) is 18.0. The van der Waals surface area contributed by atoms with Gasteiger partial charge in [0, 0.05) is 35.5 Å². The maximum Gasteiger partial charge on any atom is 0.226 e. The van der Waals surface area contributed by atoms with Gasteiger partial charge in [-0.25, -0.2) is 0 Å². The van der Waals surface area contributed by atoms with Gasteiger partial charge in [0.25, 0.3) is 0 Å². The molecule has 0 radical (unpaired) electrons. The van der Waals surface area contributed by atoms with E-state index in [0.29, 0.717) is 18.4 Å². The van der Waals surface area contributed by atoms with Gasteiger partial charge in [0.15, 0.2) is 0 Å². The van der Waals surface area contributed by atoms with Crippen LogP contribution in [0.2, 0.25) is 5.02 Å². The van der Waals surface area contributed by atoms with Crippen molar-refractivity contribution in [2.24, 2.45) is 17.3 Å². The second kappa shape index (κ2) is 7.91. The van der Waals surface area contributed by atoms with Crippen LogP contribution in [0.4, 0.5) is 0 Å². The predicted molar refractivity (Wildman–Crippen MR) is 114 cm³/mol. The van der Waals surface area contributed by atoms with Crippen molar-refractivity contribution in [3.8, 4) is 0 Å². The Morgan fingerprint density at radius 1 is 1.14 bits per heavy atom. The van der Waals surface area contributed by atoms with Gasteiger partial charge in [0.1, 0.15) is 0 Å². The second-order valence-electron chi connectivity index (χ2n) is 9.14. The SMILES string of the molecule is CC(=O)NC12C[C@@H]3C[C@@H](C1)CC(C(=O)NCCSCc1ccc(Cl)cc1)(C3)C2. The number of benzene rings is 1. The lowest BCUT2D eigenvalue weighted by atomic mass is 9.46. The molecule has 1 aromatic carbocycles. The molecule has 0 aliphatic heterocycles. The number of hydrogen-bond acceptors (Lipinski definition) is 3. The highest BCUT2D eigenvalue weighted by molar-refractivity contribution is 7.98. The number of rotatable bonds is 7. The fourth-order valence-corrected chi connectivity index (χ4v) is 7.19. The third-order valence-electron chi connectivity index (χ3n) is 6.70. The minimum atomic E-state index is -0.270. The molecule has 2 N–H and O–H groups in total. The largest absolute Gasteiger partial charge is 0.355 e. The summed E-state index contributed by atoms with van der Waals surface area (Å²) in [6, 6.07) is 7.92. The van der Waals surface area contributed by atoms with E-state index >= 15 is 0 Å². The van der Waals surface area contributed by atoms with Crippen LogP contribution >= 0.6 is 23.4 Å². The van der Waals surface area contributed by atoms with E-state index in [1.54, 1.807) is 6.92 Å². The average Bonchev–Trinajstić information content (AvgIpc) is 2.60. The van der Waals surface area contributed by atoms with Gasteiger partial charge in [0.05, 0.1) is 5.41 Å². The van der Waals surface area contributed by atoms with Crippen LogP contribution in [0.25, 0.3) is 0 Å². The number of carbonyl (C=O) groups excluding carboxylic acids is 2. The molecule has 4 saturated carbocycles. The molecule has 0 aromatic heterocycles. The van der Waals surface area contributed by atoms with Gasteiger partial charge in [-0.2, -0.15) is 11.8 Å². The molecular formula is C22H29ClN2O2S. The molecule has 0 heterocycles. The van der Waals surface area contributed by atoms with E-state index in [4.69, 9.17) is 11.6 Å². The van der Waals surface area contributed by atoms with E-state index in [-0.39, 0.29) is 22.8 Å². The van der Waals surface area contributed by atoms with Gasteiger partial charge in [-0.15, -0.1) is 0 Å². The Morgan fingerprint density at radius 2 is 1.82 bits per heavy atom. The van der Waals surface area contributed by atoms with Crippen molar-refractivity contribution < 1.29 is 9.59 Å². The van der Waals surface area contributed by atoms with E-state index in [1.807, 2.05) is 36.0 Å². The smallest absolute Gasteiger partial charge is 0.226 e. The summed E-state index contributed by atoms with van der Waals surface area (Å²) in [6.45, 7) is 2.30. The highest BCUT2D eigenvalue weighted by Crippen LogP contribution is 2.61. The first-order valence-electron chi connectivity index (χ1n) is 10.3. The molecule has 4 aliphatic rings. The normalized spacial score (nSPS) is 32.9. The van der Waals surface area contributed by atoms with Crippen LogP contribution in [-0.4, -0.2) is 29.7 Å². The number of halogens is 1. The monoisotopic (exact) mass is 420 g/mol. The lowest BCUT2D eigenvalue weighted by molar-refractivity contribution is -0.152. The summed E-state index contributed by atoms with van der Waals surface area (Å²) in [5, 5.41) is 7.20. The number of nitrogens with one attached hydrogen (secondary N) is 2. The van der Waals surface area contributed by atoms with Crippen LogP contribution in [0.5, 0.6) is 0 Å². The third kappa shape index (κ3) is 4.20. The highest BCUT2D eigenvalue weighted by atomic mass is 35.5. The fraction of sp³-hybridized carbons (Fsp3) is 0.636. The number of amides is 2. The minimum absolute atomic E-state index is 0.0381. The molecule has 28 heavy (non-hydrogen) atoms. The summed E-state index contributed by atoms with van der Waals surface area (Å²) < 4.78 is 0. The molecule has 1 aromatic rings. The maximum absolute atomic E-state index is 13.1. The van der Waals surface area contributed by atoms with Gasteiger partial charge in [-0.3, -0.25) is 9.59 Å². The van der Waals surface area contributed by atoms with E-state index < -0.39 is 0 Å². The van der Waals surface area contributed by atoms with Gasteiger partial charge in [0.2, 0.25) is 11.8 Å². The quantitative estimate of drug-likeness (QED) is 0.651. The van der Waals surface area contributed by atoms with Crippen LogP contribution in [0.15, 0.2) is 24.3 Å². The zero-order valence-electron chi connectivity index (χ0n) is 16.4. The molecule has 152 valence electrons. The summed E-state index contributed by atoms with van der Waals surface area (Å²) in [5.41, 5.74) is 0.836. The van der Waals surface area contributed by atoms with Crippen molar-refractivity contribution in [3.63, 3.8) is 0 Å². The van der Waals surface area contributed by atoms with Crippen LogP contribution < -0.4 is 10.6 Å². The van der Waals surface area contributed by atoms with Crippen LogP contribution in [0, 0.1) is 17.3 Å². The van der Waals surface area contributed by atoms with Gasteiger partial charge >= 0.3 is 0 Å². The summed E-state index contributed by atoms with van der Waals surface area (Å²) in [7, 11) is 0. The first kappa shape index (κ1) is 20.1. The van der Waals surface area contributed by atoms with E-state index in [1.165, 1.54) is 12.0 Å². The lowest BCUT2D eigenvalue weighted by Crippen LogP contribution is -2.65. The predicted octanol–water partition coefficient (Wildman–Crippen LogP) is 4.16. The van der Waals surface area contributed by atoms with Gasteiger partial charge in [-0.1, -0.05) is 23.7 Å². The van der Waals surface area contributed by atoms with Crippen molar-refractivity contribution in [1.82, 2.24) is 10.6 Å². The standard InChI is InChI=1S/C22H29ClN2O2S/c1-15(26)25-22-11-17-8-18(12-22)10-21(9-17,14-22)20(27)24-6-7-28-13-16-2-4-19(23)5-3-16/h2-5,17-18H,6-14H2,1H3,(H,24,27)(H,25,26)/t17-,18-,21?,22?/m1/s1. The average molecular weight is 421 g/mol. The maximum atomic E-state index is 13.1. The van der Waals surface area contributed by atoms with Crippen molar-refractivity contribution in [1.29, 1.82) is 0 Å². The van der Waals surface area contributed by atoms with E-state index in [2.05, 4.69) is 10.6 Å². The van der Waals surface area contributed by atoms with Crippen molar-refractivity contribution >= 4 is 35.2 Å². The highest BCUT2D eigenvalue weighted by Gasteiger charge is 2.60. The minimum Gasteiger partial charge on any atom is -0.355 e. The summed E-state index contributed by atoms with van der Waals surface area (Å²) in [6.07, 6.45) is 6.14. The van der Waals surface area contributed by atoms with Crippen molar-refractivity contribution in [2.75, 3.05) is 12.3 Å². The van der Waals surface area contributed by atoms with Gasteiger partial charge in [-0.05, 0) is 68.1 Å². The van der Waals surface area contributed by atoms with Crippen LogP contribution in [-0.2, 0) is 15.3 Å². The van der Waals surface area contributed by atoms with Crippen molar-refractivity contribution in [3.05, 3.63) is 34.9 Å². The van der Waals surface area contributed by atoms with Gasteiger partial charge < -0.3 is 10.6 Å².